The summed E-state index contributed by atoms with van der Waals surface area (Å²) in [6.07, 6.45) is 8.22. The topological polar surface area (TPSA) is 37.1 Å². The number of rotatable bonds is 2. The third-order valence-electron chi connectivity index (χ3n) is 3.75. The van der Waals surface area contributed by atoms with Crippen molar-refractivity contribution in [2.24, 2.45) is 0 Å². The second-order valence-corrected chi connectivity index (χ2v) is 6.75. The molecule has 3 rings (SSSR count). The lowest BCUT2D eigenvalue weighted by Gasteiger charge is -2.06. The molecule has 96 valence electrons. The lowest BCUT2D eigenvalue weighted by atomic mass is 10.1. The van der Waals surface area contributed by atoms with Gasteiger partial charge >= 0.3 is 0 Å². The van der Waals surface area contributed by atoms with E-state index in [9.17, 15) is 8.42 Å². The van der Waals surface area contributed by atoms with E-state index in [2.05, 4.69) is 12.2 Å². The Labute approximate surface area is 108 Å². The van der Waals surface area contributed by atoms with Crippen molar-refractivity contribution in [3.05, 3.63) is 42.5 Å². The summed E-state index contributed by atoms with van der Waals surface area (Å²) in [5.41, 5.74) is 0. The maximum Gasteiger partial charge on any atom is 0.243 e. The highest BCUT2D eigenvalue weighted by Crippen LogP contribution is 2.41. The lowest BCUT2D eigenvalue weighted by Crippen LogP contribution is -2.15. The number of nitrogens with zero attached hydrogens (tertiary/aromatic N) is 1. The van der Waals surface area contributed by atoms with Gasteiger partial charge in [-0.3, -0.25) is 0 Å². The smallest absolute Gasteiger partial charge is 0.207 e. The summed E-state index contributed by atoms with van der Waals surface area (Å²) in [6, 6.07) is 9.20. The fourth-order valence-corrected chi connectivity index (χ4v) is 4.68. The Morgan fingerprint density at radius 1 is 0.944 bits per heavy atom. The first-order chi connectivity index (χ1) is 8.71. The lowest BCUT2D eigenvalue weighted by molar-refractivity contribution is 0.539. The molecule has 0 N–H and O–H groups in total. The maximum atomic E-state index is 12.5. The molecule has 0 spiro atoms. The molecule has 1 heterocycles. The molecule has 1 aliphatic carbocycles. The van der Waals surface area contributed by atoms with Crippen molar-refractivity contribution >= 4 is 10.0 Å². The van der Waals surface area contributed by atoms with Gasteiger partial charge in [0.05, 0.1) is 4.90 Å². The van der Waals surface area contributed by atoms with Crippen LogP contribution >= 0.6 is 0 Å². The van der Waals surface area contributed by atoms with Crippen molar-refractivity contribution in [1.29, 1.82) is 0 Å². The van der Waals surface area contributed by atoms with Gasteiger partial charge in [-0.2, -0.15) is 4.31 Å². The minimum absolute atomic E-state index is 0.222. The van der Waals surface area contributed by atoms with Crippen LogP contribution in [0.5, 0.6) is 0 Å². The number of benzene rings is 1. The zero-order chi connectivity index (χ0) is 12.6. The zero-order valence-corrected chi connectivity index (χ0v) is 11.0. The molecule has 0 radical (unpaired) electrons. The molecule has 3 atom stereocenters. The van der Waals surface area contributed by atoms with Gasteiger partial charge in [-0.15, -0.1) is 0 Å². The molecule has 1 aromatic carbocycles. The van der Waals surface area contributed by atoms with E-state index in [4.69, 9.17) is 0 Å². The first-order valence-corrected chi connectivity index (χ1v) is 7.89. The Kier molecular flexibility index (Phi) is 2.99. The van der Waals surface area contributed by atoms with Crippen molar-refractivity contribution in [1.82, 2.24) is 4.31 Å². The third kappa shape index (κ3) is 1.99. The fourth-order valence-electron chi connectivity index (χ4n) is 2.79. The molecule has 1 fully saturated rings. The Balaban J connectivity index is 1.85. The monoisotopic (exact) mass is 263 g/mol. The summed E-state index contributed by atoms with van der Waals surface area (Å²) in [5, 5.41) is 0. The first-order valence-electron chi connectivity index (χ1n) is 6.45. The summed E-state index contributed by atoms with van der Waals surface area (Å²) >= 11 is 0. The second kappa shape index (κ2) is 4.52. The minimum Gasteiger partial charge on any atom is -0.207 e. The summed E-state index contributed by atoms with van der Waals surface area (Å²) in [5.74, 6) is 0. The Bertz CT molecular complexity index is 534. The van der Waals surface area contributed by atoms with Crippen LogP contribution in [0.2, 0.25) is 0 Å². The molecule has 0 amide bonds. The van der Waals surface area contributed by atoms with Gasteiger partial charge in [-0.05, 0) is 37.8 Å². The predicted molar refractivity (Wildman–Crippen MR) is 70.7 cm³/mol. The molecule has 18 heavy (non-hydrogen) atoms. The molecule has 0 saturated carbocycles. The molecule has 0 aromatic heterocycles. The van der Waals surface area contributed by atoms with E-state index in [0.717, 1.165) is 25.7 Å². The second-order valence-electron chi connectivity index (χ2n) is 4.91. The largest absolute Gasteiger partial charge is 0.243 e. The van der Waals surface area contributed by atoms with Gasteiger partial charge in [-0.1, -0.05) is 30.4 Å². The molecule has 2 aliphatic rings. The van der Waals surface area contributed by atoms with Crippen molar-refractivity contribution in [3.63, 3.8) is 0 Å². The van der Waals surface area contributed by atoms with Crippen molar-refractivity contribution in [2.45, 2.75) is 42.7 Å². The van der Waals surface area contributed by atoms with Gasteiger partial charge in [-0.25, -0.2) is 8.42 Å². The number of hydrogen-bond acceptors (Lipinski definition) is 2. The van der Waals surface area contributed by atoms with E-state index in [-0.39, 0.29) is 12.1 Å². The van der Waals surface area contributed by atoms with Crippen LogP contribution in [0, 0.1) is 0 Å². The molecule has 3 nitrogen and oxygen atoms in total. The molecule has 1 unspecified atom stereocenters. The molecular weight excluding hydrogens is 246 g/mol. The fraction of sp³-hybridized carbons (Fsp3) is 0.429. The first kappa shape index (κ1) is 11.9. The van der Waals surface area contributed by atoms with Crippen LogP contribution in [-0.4, -0.2) is 24.8 Å². The average molecular weight is 263 g/mol. The van der Waals surface area contributed by atoms with Crippen LogP contribution in [0.25, 0.3) is 0 Å². The van der Waals surface area contributed by atoms with Crippen molar-refractivity contribution in [3.8, 4) is 0 Å². The highest BCUT2D eigenvalue weighted by molar-refractivity contribution is 7.89. The highest BCUT2D eigenvalue weighted by Gasteiger charge is 2.54. The maximum absolute atomic E-state index is 12.5. The molecule has 1 saturated heterocycles. The zero-order valence-electron chi connectivity index (χ0n) is 10.2. The van der Waals surface area contributed by atoms with Gasteiger partial charge in [0.2, 0.25) is 10.0 Å². The van der Waals surface area contributed by atoms with Crippen LogP contribution in [0.4, 0.5) is 0 Å². The van der Waals surface area contributed by atoms with Crippen LogP contribution < -0.4 is 0 Å². The van der Waals surface area contributed by atoms with E-state index < -0.39 is 10.0 Å². The third-order valence-corrected chi connectivity index (χ3v) is 5.72. The van der Waals surface area contributed by atoms with Gasteiger partial charge in [0.25, 0.3) is 0 Å². The van der Waals surface area contributed by atoms with Crippen LogP contribution in [0.3, 0.4) is 0 Å². The molecule has 1 aromatic rings. The number of hydrogen-bond donors (Lipinski definition) is 0. The number of allylic oxidation sites excluding steroid dienone is 2. The van der Waals surface area contributed by atoms with E-state index in [1.54, 1.807) is 28.6 Å². The summed E-state index contributed by atoms with van der Waals surface area (Å²) in [7, 11) is -3.28. The van der Waals surface area contributed by atoms with Gasteiger partial charge in [0.1, 0.15) is 0 Å². The van der Waals surface area contributed by atoms with E-state index in [1.807, 2.05) is 6.07 Å². The van der Waals surface area contributed by atoms with Gasteiger partial charge < -0.3 is 0 Å². The van der Waals surface area contributed by atoms with Crippen molar-refractivity contribution in [2.75, 3.05) is 0 Å². The predicted octanol–water partition coefficient (Wildman–Crippen LogP) is 2.56. The Morgan fingerprint density at radius 3 is 2.06 bits per heavy atom. The molecule has 0 bridgehead atoms. The molecule has 1 aliphatic heterocycles. The van der Waals surface area contributed by atoms with E-state index in [0.29, 0.717) is 4.90 Å². The summed E-state index contributed by atoms with van der Waals surface area (Å²) in [4.78, 5) is 0.421. The number of fused-ring (bicyclic) bond motifs is 1. The van der Waals surface area contributed by atoms with E-state index in [1.165, 1.54) is 0 Å². The number of sulfonamides is 1. The normalized spacial score (nSPS) is 33.0. The Hall–Kier alpha value is -1.13. The van der Waals surface area contributed by atoms with Gasteiger partial charge in [0.15, 0.2) is 0 Å². The standard InChI is InChI=1S/C14H17NO2S/c16-18(17,12-8-4-3-5-9-12)15-13-10-6-1-2-7-11-14(13)15/h1-5,8-9,13-14H,6-7,10-11H2/b2-1-/t13-,14+,15?. The van der Waals surface area contributed by atoms with Crippen LogP contribution in [-0.2, 0) is 10.0 Å². The quantitative estimate of drug-likeness (QED) is 0.607. The average Bonchev–Trinajstić information content (AvgIpc) is 3.03. The molecular formula is C14H17NO2S. The van der Waals surface area contributed by atoms with Crippen LogP contribution in [0.15, 0.2) is 47.4 Å². The Morgan fingerprint density at radius 2 is 1.50 bits per heavy atom. The SMILES string of the molecule is O=S(=O)(c1ccccc1)N1[C@@H]2CC/C=C\CC[C@@H]21. The van der Waals surface area contributed by atoms with E-state index >= 15 is 0 Å². The highest BCUT2D eigenvalue weighted by atomic mass is 32.2. The van der Waals surface area contributed by atoms with Crippen LogP contribution in [0.1, 0.15) is 25.7 Å². The van der Waals surface area contributed by atoms with Gasteiger partial charge in [0, 0.05) is 12.1 Å². The molecule has 4 heteroatoms. The summed E-state index contributed by atoms with van der Waals surface area (Å²) in [6.45, 7) is 0. The van der Waals surface area contributed by atoms with Crippen molar-refractivity contribution < 1.29 is 8.42 Å². The summed E-state index contributed by atoms with van der Waals surface area (Å²) < 4.78 is 26.7. The minimum atomic E-state index is -3.28.